The van der Waals surface area contributed by atoms with Crippen molar-refractivity contribution < 1.29 is 4.39 Å². The smallest absolute Gasteiger partial charge is 0.123 e. The van der Waals surface area contributed by atoms with Crippen LogP contribution in [0.25, 0.3) is 11.1 Å². The van der Waals surface area contributed by atoms with Gasteiger partial charge in [0.15, 0.2) is 0 Å². The van der Waals surface area contributed by atoms with E-state index in [0.29, 0.717) is 6.04 Å². The molecule has 1 aliphatic heterocycles. The van der Waals surface area contributed by atoms with Gasteiger partial charge >= 0.3 is 0 Å². The molecule has 2 aromatic carbocycles. The van der Waals surface area contributed by atoms with Gasteiger partial charge in [-0.1, -0.05) is 24.3 Å². The molecule has 5 heteroatoms. The average Bonchev–Trinajstić information content (AvgIpc) is 2.75. The van der Waals surface area contributed by atoms with E-state index < -0.39 is 0 Å². The molecule has 0 bridgehead atoms. The van der Waals surface area contributed by atoms with Crippen LogP contribution in [0.1, 0.15) is 18.5 Å². The molecular formula is C23H25FN4. The van der Waals surface area contributed by atoms with Crippen LogP contribution in [0, 0.1) is 5.82 Å². The second-order valence-corrected chi connectivity index (χ2v) is 7.39. The predicted octanol–water partition coefficient (Wildman–Crippen LogP) is 4.38. The monoisotopic (exact) mass is 376 g/mol. The number of hydrogen-bond acceptors (Lipinski definition) is 4. The van der Waals surface area contributed by atoms with E-state index in [-0.39, 0.29) is 5.82 Å². The third-order valence-electron chi connectivity index (χ3n) is 5.53. The lowest BCUT2D eigenvalue weighted by atomic mass is 10.0. The molecular weight excluding hydrogens is 351 g/mol. The van der Waals surface area contributed by atoms with Crippen LogP contribution in [0.15, 0.2) is 67.1 Å². The lowest BCUT2D eigenvalue weighted by Gasteiger charge is -2.37. The van der Waals surface area contributed by atoms with E-state index in [4.69, 9.17) is 0 Å². The quantitative estimate of drug-likeness (QED) is 0.661. The standard InChI is InChI=1S/C23H25FN4/c1-27(16-21-9-12-25-17-26-21)22-10-13-28(14-11-22)23-7-5-18(6-8-23)19-3-2-4-20(24)15-19/h2-9,12,15,17,22H,10-11,13-14,16H2,1H3. The van der Waals surface area contributed by atoms with Gasteiger partial charge in [0.25, 0.3) is 0 Å². The molecule has 1 aromatic heterocycles. The number of hydrogen-bond donors (Lipinski definition) is 0. The highest BCUT2D eigenvalue weighted by Gasteiger charge is 2.23. The summed E-state index contributed by atoms with van der Waals surface area (Å²) in [5.41, 5.74) is 4.25. The van der Waals surface area contributed by atoms with Crippen LogP contribution in [0.2, 0.25) is 0 Å². The van der Waals surface area contributed by atoms with Gasteiger partial charge in [0.2, 0.25) is 0 Å². The van der Waals surface area contributed by atoms with E-state index in [1.54, 1.807) is 24.7 Å². The Morgan fingerprint density at radius 2 is 1.82 bits per heavy atom. The van der Waals surface area contributed by atoms with Gasteiger partial charge in [-0.05, 0) is 61.3 Å². The number of rotatable bonds is 5. The van der Waals surface area contributed by atoms with E-state index in [2.05, 4.69) is 51.1 Å². The Balaban J connectivity index is 1.34. The Hall–Kier alpha value is -2.79. The summed E-state index contributed by atoms with van der Waals surface area (Å²) in [6.45, 7) is 2.94. The number of halogens is 1. The normalized spacial score (nSPS) is 15.2. The largest absolute Gasteiger partial charge is 0.371 e. The van der Waals surface area contributed by atoms with Crippen LogP contribution in [-0.4, -0.2) is 41.0 Å². The number of aromatic nitrogens is 2. The van der Waals surface area contributed by atoms with Crippen LogP contribution >= 0.6 is 0 Å². The summed E-state index contributed by atoms with van der Waals surface area (Å²) >= 11 is 0. The summed E-state index contributed by atoms with van der Waals surface area (Å²) in [6, 6.07) is 17.7. The fourth-order valence-corrected chi connectivity index (χ4v) is 3.89. The van der Waals surface area contributed by atoms with Crippen molar-refractivity contribution in [1.29, 1.82) is 0 Å². The SMILES string of the molecule is CN(Cc1ccncn1)C1CCN(c2ccc(-c3cccc(F)c3)cc2)CC1. The molecule has 0 atom stereocenters. The summed E-state index contributed by atoms with van der Waals surface area (Å²) in [5.74, 6) is -0.199. The molecule has 4 nitrogen and oxygen atoms in total. The maximum Gasteiger partial charge on any atom is 0.123 e. The van der Waals surface area contributed by atoms with Crippen molar-refractivity contribution in [3.63, 3.8) is 0 Å². The summed E-state index contributed by atoms with van der Waals surface area (Å²) < 4.78 is 13.4. The molecule has 4 rings (SSSR count). The zero-order valence-corrected chi connectivity index (χ0v) is 16.1. The first kappa shape index (κ1) is 18.6. The van der Waals surface area contributed by atoms with E-state index in [0.717, 1.165) is 49.3 Å². The predicted molar refractivity (Wildman–Crippen MR) is 111 cm³/mol. The summed E-state index contributed by atoms with van der Waals surface area (Å²) in [5, 5.41) is 0. The molecule has 0 amide bonds. The van der Waals surface area contributed by atoms with Gasteiger partial charge in [-0.3, -0.25) is 4.90 Å². The van der Waals surface area contributed by atoms with Gasteiger partial charge < -0.3 is 4.90 Å². The molecule has 1 saturated heterocycles. The maximum atomic E-state index is 13.4. The first-order valence-electron chi connectivity index (χ1n) is 9.75. The van der Waals surface area contributed by atoms with Crippen molar-refractivity contribution in [1.82, 2.24) is 14.9 Å². The Labute approximate surface area is 165 Å². The number of piperidine rings is 1. The molecule has 0 spiro atoms. The molecule has 1 aliphatic rings. The fraction of sp³-hybridized carbons (Fsp3) is 0.304. The molecule has 28 heavy (non-hydrogen) atoms. The minimum absolute atomic E-state index is 0.199. The van der Waals surface area contributed by atoms with E-state index in [1.807, 2.05) is 12.1 Å². The van der Waals surface area contributed by atoms with Crippen molar-refractivity contribution in [3.05, 3.63) is 78.6 Å². The van der Waals surface area contributed by atoms with Crippen LogP contribution in [0.4, 0.5) is 10.1 Å². The van der Waals surface area contributed by atoms with Crippen LogP contribution in [0.5, 0.6) is 0 Å². The lowest BCUT2D eigenvalue weighted by Crippen LogP contribution is -2.43. The van der Waals surface area contributed by atoms with Crippen molar-refractivity contribution >= 4 is 5.69 Å². The number of anilines is 1. The average molecular weight is 376 g/mol. The van der Waals surface area contributed by atoms with Crippen LogP contribution in [0.3, 0.4) is 0 Å². The minimum Gasteiger partial charge on any atom is -0.371 e. The Bertz CT molecular complexity index is 890. The molecule has 144 valence electrons. The van der Waals surface area contributed by atoms with E-state index >= 15 is 0 Å². The van der Waals surface area contributed by atoms with Crippen molar-refractivity contribution in [2.24, 2.45) is 0 Å². The third kappa shape index (κ3) is 4.37. The second-order valence-electron chi connectivity index (χ2n) is 7.39. The third-order valence-corrected chi connectivity index (χ3v) is 5.53. The van der Waals surface area contributed by atoms with Gasteiger partial charge in [0.1, 0.15) is 12.1 Å². The van der Waals surface area contributed by atoms with Crippen molar-refractivity contribution in [2.45, 2.75) is 25.4 Å². The highest BCUT2D eigenvalue weighted by atomic mass is 19.1. The van der Waals surface area contributed by atoms with Crippen LogP contribution in [-0.2, 0) is 6.54 Å². The molecule has 0 unspecified atom stereocenters. The van der Waals surface area contributed by atoms with Crippen molar-refractivity contribution in [3.8, 4) is 11.1 Å². The van der Waals surface area contributed by atoms with E-state index in [9.17, 15) is 4.39 Å². The first-order valence-corrected chi connectivity index (χ1v) is 9.75. The van der Waals surface area contributed by atoms with Gasteiger partial charge in [0, 0.05) is 37.6 Å². The van der Waals surface area contributed by atoms with E-state index in [1.165, 1.54) is 11.8 Å². The van der Waals surface area contributed by atoms with Gasteiger partial charge in [0.05, 0.1) is 5.69 Å². The van der Waals surface area contributed by atoms with Crippen molar-refractivity contribution in [2.75, 3.05) is 25.0 Å². The summed E-state index contributed by atoms with van der Waals surface area (Å²) in [4.78, 5) is 13.1. The molecule has 0 aliphatic carbocycles. The van der Waals surface area contributed by atoms with Gasteiger partial charge in [-0.15, -0.1) is 0 Å². The van der Waals surface area contributed by atoms with Crippen LogP contribution < -0.4 is 4.90 Å². The molecule has 0 N–H and O–H groups in total. The molecule has 2 heterocycles. The minimum atomic E-state index is -0.199. The molecule has 1 fully saturated rings. The second kappa shape index (κ2) is 8.48. The van der Waals surface area contributed by atoms with Gasteiger partial charge in [-0.25, -0.2) is 14.4 Å². The topological polar surface area (TPSA) is 32.3 Å². The number of nitrogens with zero attached hydrogens (tertiary/aromatic N) is 4. The molecule has 0 saturated carbocycles. The zero-order chi connectivity index (χ0) is 19.3. The highest BCUT2D eigenvalue weighted by molar-refractivity contribution is 5.66. The summed E-state index contributed by atoms with van der Waals surface area (Å²) in [7, 11) is 2.18. The molecule has 3 aromatic rings. The first-order chi connectivity index (χ1) is 13.7. The maximum absolute atomic E-state index is 13.4. The Morgan fingerprint density at radius 1 is 1.04 bits per heavy atom. The Kier molecular flexibility index (Phi) is 5.63. The number of benzene rings is 2. The fourth-order valence-electron chi connectivity index (χ4n) is 3.89. The zero-order valence-electron chi connectivity index (χ0n) is 16.1. The lowest BCUT2D eigenvalue weighted by molar-refractivity contribution is 0.198. The van der Waals surface area contributed by atoms with Gasteiger partial charge in [-0.2, -0.15) is 0 Å². The molecule has 0 radical (unpaired) electrons. The summed E-state index contributed by atoms with van der Waals surface area (Å²) in [6.07, 6.45) is 5.67. The Morgan fingerprint density at radius 3 is 2.50 bits per heavy atom. The highest BCUT2D eigenvalue weighted by Crippen LogP contribution is 2.26.